The van der Waals surface area contributed by atoms with Crippen molar-refractivity contribution in [2.45, 2.75) is 30.8 Å². The first-order valence-electron chi connectivity index (χ1n) is 8.28. The number of allylic oxidation sites excluding steroid dienone is 2. The van der Waals surface area contributed by atoms with E-state index in [1.54, 1.807) is 13.2 Å². The van der Waals surface area contributed by atoms with Crippen molar-refractivity contribution < 1.29 is 29.7 Å². The van der Waals surface area contributed by atoms with Crippen LogP contribution in [0, 0.1) is 0 Å². The molecule has 0 rings (SSSR count). The highest BCUT2D eigenvalue weighted by molar-refractivity contribution is 7.98. The lowest BCUT2D eigenvalue weighted by molar-refractivity contribution is -0.142. The molecule has 10 heteroatoms. The van der Waals surface area contributed by atoms with E-state index in [0.29, 0.717) is 17.1 Å². The number of carboxylic acids is 3. The summed E-state index contributed by atoms with van der Waals surface area (Å²) in [5.74, 6) is -2.90. The van der Waals surface area contributed by atoms with Gasteiger partial charge in [-0.15, -0.1) is 0 Å². The zero-order valence-electron chi connectivity index (χ0n) is 16.2. The van der Waals surface area contributed by atoms with Crippen LogP contribution in [0.3, 0.4) is 0 Å². The van der Waals surface area contributed by atoms with E-state index in [4.69, 9.17) is 16.6 Å². The molecular weight excluding hydrogens is 404 g/mol. The third kappa shape index (κ3) is 7.34. The van der Waals surface area contributed by atoms with Gasteiger partial charge < -0.3 is 26.8 Å². The zero-order valence-corrected chi connectivity index (χ0v) is 17.8. The fraction of sp³-hybridized carbons (Fsp3) is 0.500. The van der Waals surface area contributed by atoms with Crippen LogP contribution < -0.4 is 11.5 Å². The van der Waals surface area contributed by atoms with Crippen molar-refractivity contribution in [2.75, 3.05) is 24.0 Å². The maximum absolute atomic E-state index is 11.7. The summed E-state index contributed by atoms with van der Waals surface area (Å²) in [6.07, 6.45) is 8.67. The molecule has 0 aliphatic carbocycles. The number of aliphatic carboxylic acids is 3. The summed E-state index contributed by atoms with van der Waals surface area (Å²) in [6.45, 7) is 1.56. The second-order valence-corrected chi connectivity index (χ2v) is 8.16. The third-order valence-electron chi connectivity index (χ3n) is 4.28. The molecule has 8 nitrogen and oxygen atoms in total. The predicted molar refractivity (Wildman–Crippen MR) is 114 cm³/mol. The van der Waals surface area contributed by atoms with Crippen LogP contribution in [0.1, 0.15) is 19.8 Å². The highest BCUT2D eigenvalue weighted by Gasteiger charge is 2.37. The van der Waals surface area contributed by atoms with Crippen LogP contribution in [-0.4, -0.2) is 68.3 Å². The van der Waals surface area contributed by atoms with Crippen LogP contribution in [0.25, 0.3) is 0 Å². The highest BCUT2D eigenvalue weighted by Crippen LogP contribution is 2.24. The largest absolute Gasteiger partial charge is 0.480 e. The molecule has 0 radical (unpaired) electrons. The van der Waals surface area contributed by atoms with Gasteiger partial charge in [-0.2, -0.15) is 23.5 Å². The minimum atomic E-state index is -1.88. The standard InChI is InChI=1S/C18H28N2O6S2/c1-12(17(19,15(23)24)7-9-27-2)5-4-6-13(11-14(21)22)18(20,16(25)26)8-10-28-3/h4-6,11H,7-10,19-20H2,1-3H3,(H,21,22)(H,23,24)(H,25,26)/b6-4+,12-5+,13-11+. The third-order valence-corrected chi connectivity index (χ3v) is 5.51. The van der Waals surface area contributed by atoms with Gasteiger partial charge in [0.2, 0.25) is 0 Å². The first-order chi connectivity index (χ1) is 13.0. The van der Waals surface area contributed by atoms with Gasteiger partial charge >= 0.3 is 17.9 Å². The lowest BCUT2D eigenvalue weighted by Gasteiger charge is -2.26. The molecule has 0 aromatic heterocycles. The lowest BCUT2D eigenvalue weighted by Crippen LogP contribution is -2.50. The van der Waals surface area contributed by atoms with Crippen LogP contribution in [0.4, 0.5) is 0 Å². The Labute approximate surface area is 173 Å². The second-order valence-electron chi connectivity index (χ2n) is 6.19. The van der Waals surface area contributed by atoms with E-state index >= 15 is 0 Å². The van der Waals surface area contributed by atoms with Gasteiger partial charge in [0.1, 0.15) is 11.1 Å². The van der Waals surface area contributed by atoms with Crippen LogP contribution >= 0.6 is 23.5 Å². The minimum Gasteiger partial charge on any atom is -0.480 e. The first kappa shape index (κ1) is 26.2. The van der Waals surface area contributed by atoms with E-state index in [1.165, 1.54) is 41.8 Å². The molecule has 0 saturated carbocycles. The van der Waals surface area contributed by atoms with E-state index in [2.05, 4.69) is 0 Å². The summed E-state index contributed by atoms with van der Waals surface area (Å²) >= 11 is 2.85. The van der Waals surface area contributed by atoms with Gasteiger partial charge in [-0.3, -0.25) is 0 Å². The summed E-state index contributed by atoms with van der Waals surface area (Å²) in [6, 6.07) is 0. The Kier molecular flexibility index (Phi) is 11.2. The van der Waals surface area contributed by atoms with Gasteiger partial charge in [-0.1, -0.05) is 18.2 Å². The number of carbonyl (C=O) groups is 3. The Morgan fingerprint density at radius 2 is 1.39 bits per heavy atom. The monoisotopic (exact) mass is 432 g/mol. The fourth-order valence-electron chi connectivity index (χ4n) is 2.28. The first-order valence-corrected chi connectivity index (χ1v) is 11.1. The zero-order chi connectivity index (χ0) is 22.0. The molecule has 28 heavy (non-hydrogen) atoms. The molecule has 0 bridgehead atoms. The molecule has 0 saturated heterocycles. The van der Waals surface area contributed by atoms with Crippen LogP contribution in [0.15, 0.2) is 35.5 Å². The summed E-state index contributed by atoms with van der Waals surface area (Å²) in [5, 5.41) is 28.1. The molecule has 2 unspecified atom stereocenters. The van der Waals surface area contributed by atoms with Gasteiger partial charge in [0.15, 0.2) is 0 Å². The normalized spacial score (nSPS) is 17.2. The van der Waals surface area contributed by atoms with E-state index in [9.17, 15) is 24.6 Å². The maximum atomic E-state index is 11.7. The quantitative estimate of drug-likeness (QED) is 0.213. The Balaban J connectivity index is 5.92. The summed E-state index contributed by atoms with van der Waals surface area (Å²) < 4.78 is 0. The highest BCUT2D eigenvalue weighted by atomic mass is 32.2. The van der Waals surface area contributed by atoms with Crippen molar-refractivity contribution in [1.29, 1.82) is 0 Å². The van der Waals surface area contributed by atoms with Gasteiger partial charge in [0.25, 0.3) is 0 Å². The Morgan fingerprint density at radius 1 is 0.929 bits per heavy atom. The van der Waals surface area contributed by atoms with Crippen molar-refractivity contribution in [2.24, 2.45) is 11.5 Å². The molecule has 0 fully saturated rings. The molecular formula is C18H28N2O6S2. The van der Waals surface area contributed by atoms with Crippen LogP contribution in [-0.2, 0) is 14.4 Å². The number of carboxylic acid groups (broad SMARTS) is 3. The van der Waals surface area contributed by atoms with Gasteiger partial charge in [-0.25, -0.2) is 14.4 Å². The smallest absolute Gasteiger partial charge is 0.328 e. The van der Waals surface area contributed by atoms with E-state index in [0.717, 1.165) is 6.08 Å². The number of hydrogen-bond donors (Lipinski definition) is 5. The summed E-state index contributed by atoms with van der Waals surface area (Å²) in [5.41, 5.74) is 8.81. The average molecular weight is 433 g/mol. The number of rotatable bonds is 13. The average Bonchev–Trinajstić information content (AvgIpc) is 2.62. The molecule has 0 amide bonds. The molecule has 0 spiro atoms. The molecule has 0 aliphatic heterocycles. The Morgan fingerprint density at radius 3 is 1.79 bits per heavy atom. The van der Waals surface area contributed by atoms with Crippen molar-refractivity contribution in [3.05, 3.63) is 35.5 Å². The van der Waals surface area contributed by atoms with Gasteiger partial charge in [-0.05, 0) is 54.9 Å². The molecule has 0 aliphatic rings. The fourth-order valence-corrected chi connectivity index (χ4v) is 3.33. The van der Waals surface area contributed by atoms with Gasteiger partial charge in [0.05, 0.1) is 0 Å². The molecule has 2 atom stereocenters. The van der Waals surface area contributed by atoms with Crippen LogP contribution in [0.2, 0.25) is 0 Å². The van der Waals surface area contributed by atoms with E-state index < -0.39 is 29.0 Å². The summed E-state index contributed by atoms with van der Waals surface area (Å²) in [7, 11) is 0. The Bertz CT molecular complexity index is 677. The van der Waals surface area contributed by atoms with Crippen LogP contribution in [0.5, 0.6) is 0 Å². The SMILES string of the molecule is CSCCC(N)(C(=O)O)/C(C)=C/C=C/C(=C\C(=O)O)C(N)(CCSC)C(=O)O. The topological polar surface area (TPSA) is 164 Å². The molecule has 0 aromatic rings. The molecule has 7 N–H and O–H groups in total. The van der Waals surface area contributed by atoms with Crippen molar-refractivity contribution in [3.63, 3.8) is 0 Å². The number of thioether (sulfide) groups is 2. The van der Waals surface area contributed by atoms with E-state index in [-0.39, 0.29) is 18.4 Å². The van der Waals surface area contributed by atoms with E-state index in [1.807, 2.05) is 6.26 Å². The van der Waals surface area contributed by atoms with Crippen molar-refractivity contribution in [1.82, 2.24) is 0 Å². The predicted octanol–water partition coefficient (Wildman–Crippen LogP) is 1.57. The number of nitrogens with two attached hydrogens (primary N) is 2. The summed E-state index contributed by atoms with van der Waals surface area (Å²) in [4.78, 5) is 34.4. The van der Waals surface area contributed by atoms with Crippen molar-refractivity contribution in [3.8, 4) is 0 Å². The minimum absolute atomic E-state index is 0.0271. The Hall–Kier alpha value is -1.75. The number of hydrogen-bond acceptors (Lipinski definition) is 7. The molecule has 158 valence electrons. The lowest BCUT2D eigenvalue weighted by atomic mass is 9.86. The van der Waals surface area contributed by atoms with Crippen molar-refractivity contribution >= 4 is 41.4 Å². The maximum Gasteiger partial charge on any atom is 0.328 e. The second kappa shape index (κ2) is 11.9. The van der Waals surface area contributed by atoms with Gasteiger partial charge in [0, 0.05) is 6.08 Å². The molecule has 0 aromatic carbocycles. The molecule has 0 heterocycles.